The van der Waals surface area contributed by atoms with Gasteiger partial charge in [0.15, 0.2) is 0 Å². The zero-order valence-corrected chi connectivity index (χ0v) is 9.63. The first-order valence-corrected chi connectivity index (χ1v) is 5.80. The van der Waals surface area contributed by atoms with E-state index >= 15 is 0 Å². The van der Waals surface area contributed by atoms with Crippen LogP contribution in [0.1, 0.15) is 18.4 Å². The van der Waals surface area contributed by atoms with Crippen molar-refractivity contribution in [2.24, 2.45) is 0 Å². The Kier molecular flexibility index (Phi) is 2.37. The van der Waals surface area contributed by atoms with Crippen LogP contribution in [0.3, 0.4) is 0 Å². The van der Waals surface area contributed by atoms with Crippen molar-refractivity contribution in [2.45, 2.75) is 19.1 Å². The van der Waals surface area contributed by atoms with Crippen LogP contribution in [0.2, 0.25) is 0 Å². The Morgan fingerprint density at radius 3 is 2.53 bits per heavy atom. The van der Waals surface area contributed by atoms with Gasteiger partial charge in [-0.1, -0.05) is 43.3 Å². The molecule has 1 aliphatic rings. The molecular weight excluding hydrogens is 212 g/mol. The predicted molar refractivity (Wildman–Crippen MR) is 66.9 cm³/mol. The average Bonchev–Trinajstić information content (AvgIpc) is 2.66. The summed E-state index contributed by atoms with van der Waals surface area (Å²) in [6, 6.07) is 16.3. The fourth-order valence-electron chi connectivity index (χ4n) is 2.21. The zero-order chi connectivity index (χ0) is 11.8. The van der Waals surface area contributed by atoms with Crippen molar-refractivity contribution in [1.29, 1.82) is 0 Å². The molecule has 0 fully saturated rings. The Bertz CT molecular complexity index is 534. The van der Waals surface area contributed by atoms with Crippen LogP contribution in [0.4, 0.5) is 0 Å². The van der Waals surface area contributed by atoms with Crippen LogP contribution >= 0.6 is 0 Å². The van der Waals surface area contributed by atoms with Crippen LogP contribution in [-0.2, 0) is 0 Å². The lowest BCUT2D eigenvalue weighted by Gasteiger charge is -2.06. The highest BCUT2D eigenvalue weighted by molar-refractivity contribution is 5.66. The number of hydrogen-bond acceptors (Lipinski definition) is 2. The van der Waals surface area contributed by atoms with E-state index in [9.17, 15) is 5.11 Å². The van der Waals surface area contributed by atoms with Crippen molar-refractivity contribution < 1.29 is 9.84 Å². The highest BCUT2D eigenvalue weighted by Gasteiger charge is 2.29. The highest BCUT2D eigenvalue weighted by Crippen LogP contribution is 2.39. The molecule has 0 aromatic heterocycles. The predicted octanol–water partition coefficient (Wildman–Crippen LogP) is 3.17. The van der Waals surface area contributed by atoms with E-state index in [1.54, 1.807) is 0 Å². The van der Waals surface area contributed by atoms with Gasteiger partial charge in [0.1, 0.15) is 5.75 Å². The first kappa shape index (κ1) is 10.4. The Balaban J connectivity index is 2.06. The van der Waals surface area contributed by atoms with Crippen LogP contribution in [0.5, 0.6) is 5.75 Å². The minimum absolute atomic E-state index is 0.0358. The van der Waals surface area contributed by atoms with Gasteiger partial charge in [-0.25, -0.2) is 0 Å². The summed E-state index contributed by atoms with van der Waals surface area (Å²) in [5.74, 6) is 0.832. The Labute approximate surface area is 100 Å². The molecule has 2 atom stereocenters. The highest BCUT2D eigenvalue weighted by atomic mass is 16.6. The number of rotatable bonds is 1. The number of aliphatic hydroxyl groups is 1. The maximum absolute atomic E-state index is 9.66. The molecule has 0 unspecified atom stereocenters. The number of hydrogen-bond donors (Lipinski definition) is 1. The van der Waals surface area contributed by atoms with Gasteiger partial charge in [-0.3, -0.25) is 0 Å². The second-order valence-electron chi connectivity index (χ2n) is 4.42. The van der Waals surface area contributed by atoms with Crippen LogP contribution in [0, 0.1) is 0 Å². The molecule has 1 heterocycles. The van der Waals surface area contributed by atoms with Gasteiger partial charge in [-0.2, -0.15) is 0 Å². The second kappa shape index (κ2) is 3.90. The van der Waals surface area contributed by atoms with E-state index < -0.39 is 6.29 Å². The Hall–Kier alpha value is -1.80. The van der Waals surface area contributed by atoms with Crippen LogP contribution in [-0.4, -0.2) is 11.4 Å². The fraction of sp³-hybridized carbons (Fsp3) is 0.200. The van der Waals surface area contributed by atoms with Crippen molar-refractivity contribution in [3.63, 3.8) is 0 Å². The number of fused-ring (bicyclic) bond motifs is 1. The number of ether oxygens (including phenoxy) is 1. The van der Waals surface area contributed by atoms with Crippen molar-refractivity contribution in [1.82, 2.24) is 0 Å². The molecule has 0 radical (unpaired) electrons. The molecule has 1 aliphatic heterocycles. The molecule has 0 amide bonds. The summed E-state index contributed by atoms with van der Waals surface area (Å²) >= 11 is 0. The van der Waals surface area contributed by atoms with Gasteiger partial charge in [-0.05, 0) is 23.3 Å². The second-order valence-corrected chi connectivity index (χ2v) is 4.42. The molecule has 3 rings (SSSR count). The molecule has 0 saturated heterocycles. The van der Waals surface area contributed by atoms with Gasteiger partial charge in [0.2, 0.25) is 6.29 Å². The lowest BCUT2D eigenvalue weighted by molar-refractivity contribution is -0.0141. The summed E-state index contributed by atoms with van der Waals surface area (Å²) in [6.45, 7) is 1.98. The van der Waals surface area contributed by atoms with Crippen molar-refractivity contribution in [2.75, 3.05) is 0 Å². The van der Waals surface area contributed by atoms with Crippen molar-refractivity contribution >= 4 is 0 Å². The molecule has 2 heteroatoms. The third kappa shape index (κ3) is 1.71. The SMILES string of the molecule is C[C@H]1c2cc(-c3ccccc3)ccc2O[C@H]1O. The average molecular weight is 226 g/mol. The van der Waals surface area contributed by atoms with E-state index in [0.29, 0.717) is 0 Å². The maximum Gasteiger partial charge on any atom is 0.204 e. The summed E-state index contributed by atoms with van der Waals surface area (Å²) in [4.78, 5) is 0. The van der Waals surface area contributed by atoms with E-state index in [0.717, 1.165) is 16.9 Å². The lowest BCUT2D eigenvalue weighted by atomic mass is 9.97. The number of aliphatic hydroxyl groups excluding tert-OH is 1. The quantitative estimate of drug-likeness (QED) is 0.809. The number of benzene rings is 2. The van der Waals surface area contributed by atoms with Gasteiger partial charge in [-0.15, -0.1) is 0 Å². The molecule has 2 aromatic carbocycles. The van der Waals surface area contributed by atoms with Gasteiger partial charge < -0.3 is 9.84 Å². The van der Waals surface area contributed by atoms with Gasteiger partial charge >= 0.3 is 0 Å². The third-order valence-electron chi connectivity index (χ3n) is 3.28. The Morgan fingerprint density at radius 1 is 1.00 bits per heavy atom. The summed E-state index contributed by atoms with van der Waals surface area (Å²) in [6.07, 6.45) is -0.712. The smallest absolute Gasteiger partial charge is 0.204 e. The molecule has 17 heavy (non-hydrogen) atoms. The lowest BCUT2D eigenvalue weighted by Crippen LogP contribution is -2.14. The zero-order valence-electron chi connectivity index (χ0n) is 9.63. The summed E-state index contributed by atoms with van der Waals surface area (Å²) < 4.78 is 5.37. The molecule has 0 saturated carbocycles. The summed E-state index contributed by atoms with van der Waals surface area (Å²) in [5.41, 5.74) is 3.43. The molecule has 0 bridgehead atoms. The van der Waals surface area contributed by atoms with E-state index in [1.807, 2.05) is 37.3 Å². The largest absolute Gasteiger partial charge is 0.464 e. The summed E-state index contributed by atoms with van der Waals surface area (Å²) in [7, 11) is 0. The van der Waals surface area contributed by atoms with E-state index in [1.165, 1.54) is 5.56 Å². The standard InChI is InChI=1S/C15H14O2/c1-10-13-9-12(11-5-3-2-4-6-11)7-8-14(13)17-15(10)16/h2-10,15-16H,1H3/t10-,15+/m0/s1. The minimum Gasteiger partial charge on any atom is -0.464 e. The van der Waals surface area contributed by atoms with E-state index in [4.69, 9.17) is 4.74 Å². The monoisotopic (exact) mass is 226 g/mol. The normalized spacial score (nSPS) is 22.0. The van der Waals surface area contributed by atoms with Crippen molar-refractivity contribution in [3.8, 4) is 16.9 Å². The van der Waals surface area contributed by atoms with Crippen LogP contribution in [0.25, 0.3) is 11.1 Å². The molecule has 2 aromatic rings. The molecule has 1 N–H and O–H groups in total. The van der Waals surface area contributed by atoms with Crippen molar-refractivity contribution in [3.05, 3.63) is 54.1 Å². The fourth-order valence-corrected chi connectivity index (χ4v) is 2.21. The minimum atomic E-state index is -0.712. The third-order valence-corrected chi connectivity index (χ3v) is 3.28. The van der Waals surface area contributed by atoms with Crippen LogP contribution in [0.15, 0.2) is 48.5 Å². The van der Waals surface area contributed by atoms with Crippen LogP contribution < -0.4 is 4.74 Å². The van der Waals surface area contributed by atoms with E-state index in [2.05, 4.69) is 18.2 Å². The first-order chi connectivity index (χ1) is 8.25. The molecule has 0 spiro atoms. The maximum atomic E-state index is 9.66. The van der Waals surface area contributed by atoms with Gasteiger partial charge in [0.05, 0.1) is 0 Å². The summed E-state index contributed by atoms with van der Waals surface area (Å²) in [5, 5.41) is 9.66. The molecule has 0 aliphatic carbocycles. The van der Waals surface area contributed by atoms with Gasteiger partial charge in [0, 0.05) is 11.5 Å². The Morgan fingerprint density at radius 2 is 1.76 bits per heavy atom. The molecular formula is C15H14O2. The first-order valence-electron chi connectivity index (χ1n) is 5.80. The topological polar surface area (TPSA) is 29.5 Å². The van der Waals surface area contributed by atoms with Gasteiger partial charge in [0.25, 0.3) is 0 Å². The molecule has 86 valence electrons. The molecule has 2 nitrogen and oxygen atoms in total. The van der Waals surface area contributed by atoms with E-state index in [-0.39, 0.29) is 5.92 Å².